The molecule has 0 radical (unpaired) electrons. The van der Waals surface area contributed by atoms with Gasteiger partial charge in [0, 0.05) is 38.8 Å². The maximum atomic E-state index is 12.8. The van der Waals surface area contributed by atoms with Gasteiger partial charge in [-0.2, -0.15) is 0 Å². The van der Waals surface area contributed by atoms with E-state index in [1.807, 2.05) is 0 Å². The van der Waals surface area contributed by atoms with Gasteiger partial charge in [0.25, 0.3) is 0 Å². The van der Waals surface area contributed by atoms with Crippen LogP contribution in [0, 0.1) is 5.82 Å². The van der Waals surface area contributed by atoms with Crippen LogP contribution in [0.2, 0.25) is 0 Å². The summed E-state index contributed by atoms with van der Waals surface area (Å²) in [7, 11) is 0. The molecule has 0 saturated carbocycles. The number of rotatable bonds is 7. The van der Waals surface area contributed by atoms with Crippen LogP contribution in [-0.4, -0.2) is 72.2 Å². The lowest BCUT2D eigenvalue weighted by molar-refractivity contribution is -0.123. The number of halogens is 1. The van der Waals surface area contributed by atoms with E-state index in [9.17, 15) is 14.3 Å². The average molecular weight is 337 g/mol. The summed E-state index contributed by atoms with van der Waals surface area (Å²) < 4.78 is 12.8. The van der Waals surface area contributed by atoms with Crippen molar-refractivity contribution in [1.82, 2.24) is 15.1 Å². The minimum absolute atomic E-state index is 0.0216. The third-order valence-electron chi connectivity index (χ3n) is 4.36. The number of nitrogens with zero attached hydrogens (tertiary/aromatic N) is 2. The Morgan fingerprint density at radius 1 is 1.38 bits per heavy atom. The number of carbonyl (C=O) groups excluding carboxylic acids is 1. The van der Waals surface area contributed by atoms with Gasteiger partial charge in [0.1, 0.15) is 5.82 Å². The largest absolute Gasteiger partial charge is 0.392 e. The number of β-amino-alcohol motifs (C(OH)–C–C–N with tert-alkyl or cyclic N) is 1. The van der Waals surface area contributed by atoms with Crippen LogP contribution < -0.4 is 5.32 Å². The molecule has 134 valence electrons. The Balaban J connectivity index is 1.66. The zero-order valence-electron chi connectivity index (χ0n) is 14.5. The summed E-state index contributed by atoms with van der Waals surface area (Å²) in [5.41, 5.74) is 1.01. The summed E-state index contributed by atoms with van der Waals surface area (Å²) in [6.45, 7) is 8.10. The lowest BCUT2D eigenvalue weighted by Gasteiger charge is -2.40. The highest BCUT2D eigenvalue weighted by molar-refractivity contribution is 5.78. The van der Waals surface area contributed by atoms with E-state index in [0.717, 1.165) is 25.2 Å². The zero-order chi connectivity index (χ0) is 17.5. The van der Waals surface area contributed by atoms with Gasteiger partial charge in [-0.15, -0.1) is 0 Å². The maximum absolute atomic E-state index is 12.8. The average Bonchev–Trinajstić information content (AvgIpc) is 2.51. The summed E-state index contributed by atoms with van der Waals surface area (Å²) in [5.74, 6) is -0.222. The molecule has 1 aliphatic rings. The van der Waals surface area contributed by atoms with Crippen molar-refractivity contribution >= 4 is 5.91 Å². The predicted molar refractivity (Wildman–Crippen MR) is 92.3 cm³/mol. The highest BCUT2D eigenvalue weighted by atomic mass is 19.1. The molecule has 2 rings (SSSR count). The van der Waals surface area contributed by atoms with Crippen LogP contribution in [0.3, 0.4) is 0 Å². The Hall–Kier alpha value is -1.50. The lowest BCUT2D eigenvalue weighted by Crippen LogP contribution is -2.55. The molecular weight excluding hydrogens is 309 g/mol. The Bertz CT molecular complexity index is 522. The molecule has 0 bridgehead atoms. The molecule has 1 fully saturated rings. The van der Waals surface area contributed by atoms with E-state index in [-0.39, 0.29) is 17.8 Å². The Labute approximate surface area is 143 Å². The molecule has 1 aromatic carbocycles. The van der Waals surface area contributed by atoms with Gasteiger partial charge in [-0.3, -0.25) is 14.6 Å². The lowest BCUT2D eigenvalue weighted by atomic mass is 10.1. The maximum Gasteiger partial charge on any atom is 0.234 e. The molecule has 1 aromatic rings. The topological polar surface area (TPSA) is 55.8 Å². The van der Waals surface area contributed by atoms with Crippen LogP contribution in [-0.2, 0) is 11.2 Å². The number of hydrogen-bond donors (Lipinski definition) is 2. The van der Waals surface area contributed by atoms with Gasteiger partial charge in [-0.05, 0) is 38.0 Å². The first-order valence-corrected chi connectivity index (χ1v) is 8.59. The molecule has 0 unspecified atom stereocenters. The Kier molecular flexibility index (Phi) is 7.15. The monoisotopic (exact) mass is 337 g/mol. The highest BCUT2D eigenvalue weighted by Gasteiger charge is 2.25. The molecule has 0 aromatic heterocycles. The quantitative estimate of drug-likeness (QED) is 0.775. The number of piperazine rings is 1. The van der Waals surface area contributed by atoms with Crippen molar-refractivity contribution in [2.45, 2.75) is 32.4 Å². The van der Waals surface area contributed by atoms with Gasteiger partial charge in [-0.1, -0.05) is 12.1 Å². The second-order valence-electron chi connectivity index (χ2n) is 6.65. The summed E-state index contributed by atoms with van der Waals surface area (Å²) >= 11 is 0. The van der Waals surface area contributed by atoms with Crippen molar-refractivity contribution in [3.63, 3.8) is 0 Å². The van der Waals surface area contributed by atoms with Crippen molar-refractivity contribution in [2.75, 3.05) is 39.3 Å². The van der Waals surface area contributed by atoms with Gasteiger partial charge in [0.2, 0.25) is 5.91 Å². The zero-order valence-corrected chi connectivity index (χ0v) is 14.5. The van der Waals surface area contributed by atoms with Gasteiger partial charge in [0.05, 0.1) is 12.6 Å². The molecule has 1 amide bonds. The summed E-state index contributed by atoms with van der Waals surface area (Å²) in [6, 6.07) is 6.69. The molecular formula is C18H28FN3O2. The van der Waals surface area contributed by atoms with E-state index in [2.05, 4.69) is 22.0 Å². The summed E-state index contributed by atoms with van der Waals surface area (Å²) in [4.78, 5) is 16.5. The van der Waals surface area contributed by atoms with E-state index < -0.39 is 0 Å². The normalized spacial score (nSPS) is 20.8. The van der Waals surface area contributed by atoms with Gasteiger partial charge in [0.15, 0.2) is 0 Å². The van der Waals surface area contributed by atoms with E-state index in [4.69, 9.17) is 0 Å². The third-order valence-corrected chi connectivity index (χ3v) is 4.36. The fourth-order valence-electron chi connectivity index (χ4n) is 3.08. The molecule has 5 nitrogen and oxygen atoms in total. The first-order chi connectivity index (χ1) is 11.4. The number of nitrogens with one attached hydrogen (secondary N) is 1. The van der Waals surface area contributed by atoms with Gasteiger partial charge < -0.3 is 10.4 Å². The second kappa shape index (κ2) is 9.11. The summed E-state index contributed by atoms with van der Waals surface area (Å²) in [5, 5.41) is 12.4. The van der Waals surface area contributed by atoms with Crippen molar-refractivity contribution in [2.24, 2.45) is 0 Å². The van der Waals surface area contributed by atoms with E-state index >= 15 is 0 Å². The fraction of sp³-hybridized carbons (Fsp3) is 0.611. The van der Waals surface area contributed by atoms with E-state index in [1.54, 1.807) is 19.1 Å². The molecule has 1 aliphatic heterocycles. The molecule has 24 heavy (non-hydrogen) atoms. The van der Waals surface area contributed by atoms with Crippen molar-refractivity contribution in [1.29, 1.82) is 0 Å². The molecule has 2 atom stereocenters. The van der Waals surface area contributed by atoms with Crippen LogP contribution in [0.1, 0.15) is 19.4 Å². The minimum Gasteiger partial charge on any atom is -0.392 e. The van der Waals surface area contributed by atoms with Crippen LogP contribution >= 0.6 is 0 Å². The second-order valence-corrected chi connectivity index (χ2v) is 6.65. The SMILES string of the molecule is C[C@@H](O)CN1CCN(CC(=O)NCCc2ccc(F)cc2)C[C@@H]1C. The Morgan fingerprint density at radius 3 is 2.71 bits per heavy atom. The van der Waals surface area contributed by atoms with E-state index in [1.165, 1.54) is 12.1 Å². The predicted octanol–water partition coefficient (Wildman–Crippen LogP) is 0.871. The molecule has 0 spiro atoms. The molecule has 6 heteroatoms. The number of aliphatic hydroxyl groups is 1. The first kappa shape index (κ1) is 18.8. The standard InChI is InChI=1S/C18H28FN3O2/c1-14-11-21(9-10-22(14)12-15(2)23)13-18(24)20-8-7-16-3-5-17(19)6-4-16/h3-6,14-15,23H,7-13H2,1-2H3,(H,20,24)/t14-,15+/m0/s1. The number of amides is 1. The van der Waals surface area contributed by atoms with Crippen LogP contribution in [0.25, 0.3) is 0 Å². The van der Waals surface area contributed by atoms with Crippen molar-refractivity contribution in [3.05, 3.63) is 35.6 Å². The highest BCUT2D eigenvalue weighted by Crippen LogP contribution is 2.09. The van der Waals surface area contributed by atoms with E-state index in [0.29, 0.717) is 32.1 Å². The number of benzene rings is 1. The van der Waals surface area contributed by atoms with Crippen molar-refractivity contribution in [3.8, 4) is 0 Å². The minimum atomic E-state index is -0.325. The molecule has 2 N–H and O–H groups in total. The number of aliphatic hydroxyl groups excluding tert-OH is 1. The number of hydrogen-bond acceptors (Lipinski definition) is 4. The number of carbonyl (C=O) groups is 1. The Morgan fingerprint density at radius 2 is 2.08 bits per heavy atom. The van der Waals surface area contributed by atoms with Gasteiger partial charge in [-0.25, -0.2) is 4.39 Å². The van der Waals surface area contributed by atoms with Crippen LogP contribution in [0.4, 0.5) is 4.39 Å². The smallest absolute Gasteiger partial charge is 0.234 e. The molecule has 1 saturated heterocycles. The molecule has 0 aliphatic carbocycles. The summed E-state index contributed by atoms with van der Waals surface area (Å²) in [6.07, 6.45) is 0.374. The van der Waals surface area contributed by atoms with Crippen LogP contribution in [0.5, 0.6) is 0 Å². The third kappa shape index (κ3) is 6.19. The van der Waals surface area contributed by atoms with Gasteiger partial charge >= 0.3 is 0 Å². The fourth-order valence-corrected chi connectivity index (χ4v) is 3.08. The van der Waals surface area contributed by atoms with Crippen LogP contribution in [0.15, 0.2) is 24.3 Å². The first-order valence-electron chi connectivity index (χ1n) is 8.59. The van der Waals surface area contributed by atoms with Crippen molar-refractivity contribution < 1.29 is 14.3 Å². The molecule has 1 heterocycles.